The van der Waals surface area contributed by atoms with Crippen molar-refractivity contribution in [3.8, 4) is 11.8 Å². The van der Waals surface area contributed by atoms with E-state index in [-0.39, 0.29) is 6.54 Å². The van der Waals surface area contributed by atoms with E-state index in [0.717, 1.165) is 16.7 Å². The number of esters is 1. The quantitative estimate of drug-likeness (QED) is 0.279. The number of likely N-dealkylation sites (tertiary alicyclic amines) is 1. The van der Waals surface area contributed by atoms with Crippen LogP contribution in [0, 0.1) is 24.2 Å². The number of nitrogens with one attached hydrogen (secondary N) is 1. The summed E-state index contributed by atoms with van der Waals surface area (Å²) in [6.45, 7) is 2.23. The Hall–Kier alpha value is -5.42. The number of amides is 2. The number of methoxy groups -OCH3 is 2. The second-order valence-corrected chi connectivity index (χ2v) is 10.8. The summed E-state index contributed by atoms with van der Waals surface area (Å²) in [5, 5.41) is 12.5. The maximum absolute atomic E-state index is 14.6. The molecule has 44 heavy (non-hydrogen) atoms. The van der Waals surface area contributed by atoms with Crippen molar-refractivity contribution in [2.24, 2.45) is 5.92 Å². The molecular formula is C36H33N3O5. The number of aryl methyl sites for hydroxylation is 1. The zero-order chi connectivity index (χ0) is 31.2. The van der Waals surface area contributed by atoms with E-state index >= 15 is 0 Å². The SMILES string of the molecule is COC(=O)C1C(c2ccccc2)C(C(=O)NCc2ccc(C)cc2)N(C(=O)c2cccc(OC)c2)C1c1ccc(C#N)cc1. The van der Waals surface area contributed by atoms with E-state index in [1.54, 1.807) is 48.5 Å². The Kier molecular flexibility index (Phi) is 9.06. The normalized spacial score (nSPS) is 19.1. The molecular weight excluding hydrogens is 554 g/mol. The van der Waals surface area contributed by atoms with E-state index in [9.17, 15) is 19.6 Å². The van der Waals surface area contributed by atoms with Crippen LogP contribution in [0.4, 0.5) is 0 Å². The van der Waals surface area contributed by atoms with Gasteiger partial charge in [0.15, 0.2) is 0 Å². The van der Waals surface area contributed by atoms with Crippen LogP contribution in [-0.4, -0.2) is 42.9 Å². The highest BCUT2D eigenvalue weighted by Crippen LogP contribution is 2.51. The van der Waals surface area contributed by atoms with Gasteiger partial charge in [0, 0.05) is 18.0 Å². The van der Waals surface area contributed by atoms with Gasteiger partial charge >= 0.3 is 5.97 Å². The summed E-state index contributed by atoms with van der Waals surface area (Å²) in [5.74, 6) is -2.58. The third-order valence-corrected chi connectivity index (χ3v) is 8.11. The zero-order valence-electron chi connectivity index (χ0n) is 24.8. The van der Waals surface area contributed by atoms with Gasteiger partial charge in [-0.15, -0.1) is 0 Å². The Balaban J connectivity index is 1.69. The lowest BCUT2D eigenvalue weighted by atomic mass is 9.79. The van der Waals surface area contributed by atoms with Gasteiger partial charge < -0.3 is 19.7 Å². The van der Waals surface area contributed by atoms with E-state index in [1.165, 1.54) is 19.1 Å². The number of ether oxygens (including phenoxy) is 2. The highest BCUT2D eigenvalue weighted by molar-refractivity contribution is 6.00. The molecule has 5 rings (SSSR count). The van der Waals surface area contributed by atoms with Gasteiger partial charge in [-0.2, -0.15) is 5.26 Å². The van der Waals surface area contributed by atoms with Crippen molar-refractivity contribution >= 4 is 17.8 Å². The highest BCUT2D eigenvalue weighted by atomic mass is 16.5. The minimum absolute atomic E-state index is 0.239. The van der Waals surface area contributed by atoms with Crippen molar-refractivity contribution in [2.75, 3.05) is 14.2 Å². The third-order valence-electron chi connectivity index (χ3n) is 8.11. The molecule has 1 aliphatic rings. The number of carbonyl (C=O) groups is 3. The topological polar surface area (TPSA) is 109 Å². The maximum atomic E-state index is 14.6. The highest BCUT2D eigenvalue weighted by Gasteiger charge is 2.58. The summed E-state index contributed by atoms with van der Waals surface area (Å²) in [4.78, 5) is 44.1. The predicted molar refractivity (Wildman–Crippen MR) is 165 cm³/mol. The molecule has 4 aromatic carbocycles. The molecule has 8 heteroatoms. The van der Waals surface area contributed by atoms with Gasteiger partial charge in [-0.1, -0.05) is 78.4 Å². The molecule has 2 amide bonds. The first-order valence-corrected chi connectivity index (χ1v) is 14.3. The van der Waals surface area contributed by atoms with Crippen LogP contribution >= 0.6 is 0 Å². The predicted octanol–water partition coefficient (Wildman–Crippen LogP) is 5.33. The van der Waals surface area contributed by atoms with Gasteiger partial charge in [-0.25, -0.2) is 0 Å². The molecule has 4 atom stereocenters. The van der Waals surface area contributed by atoms with Gasteiger partial charge in [-0.05, 0) is 53.9 Å². The Bertz CT molecular complexity index is 1680. The third kappa shape index (κ3) is 6.04. The summed E-state index contributed by atoms with van der Waals surface area (Å²) in [6, 6.07) is 30.7. The summed E-state index contributed by atoms with van der Waals surface area (Å²) in [5.41, 5.74) is 4.05. The number of hydrogen-bond donors (Lipinski definition) is 1. The Morgan fingerprint density at radius 1 is 0.864 bits per heavy atom. The lowest BCUT2D eigenvalue weighted by Crippen LogP contribution is -2.48. The van der Waals surface area contributed by atoms with E-state index in [4.69, 9.17) is 9.47 Å². The van der Waals surface area contributed by atoms with Gasteiger partial charge in [0.1, 0.15) is 11.8 Å². The standard InChI is InChI=1S/C36H33N3O5/c1-23-12-14-25(15-13-23)22-38-34(40)33-30(26-8-5-4-6-9-26)31(36(42)44-3)32(27-18-16-24(21-37)17-19-27)39(33)35(41)28-10-7-11-29(20-28)43-2/h4-20,30-33H,22H2,1-3H3,(H,38,40). The molecule has 0 aromatic heterocycles. The molecule has 8 nitrogen and oxygen atoms in total. The van der Waals surface area contributed by atoms with Gasteiger partial charge in [0.2, 0.25) is 5.91 Å². The molecule has 0 spiro atoms. The van der Waals surface area contributed by atoms with Gasteiger partial charge in [0.25, 0.3) is 5.91 Å². The number of hydrogen-bond acceptors (Lipinski definition) is 6. The van der Waals surface area contributed by atoms with Crippen LogP contribution in [0.15, 0.2) is 103 Å². The number of benzene rings is 4. The molecule has 0 saturated carbocycles. The smallest absolute Gasteiger partial charge is 0.311 e. The van der Waals surface area contributed by atoms with Crippen LogP contribution in [0.5, 0.6) is 5.75 Å². The van der Waals surface area contributed by atoms with Crippen LogP contribution < -0.4 is 10.1 Å². The number of nitriles is 1. The second-order valence-electron chi connectivity index (χ2n) is 10.8. The molecule has 0 radical (unpaired) electrons. The van der Waals surface area contributed by atoms with Crippen molar-refractivity contribution in [2.45, 2.75) is 31.5 Å². The van der Waals surface area contributed by atoms with E-state index in [0.29, 0.717) is 22.4 Å². The van der Waals surface area contributed by atoms with Crippen LogP contribution in [0.1, 0.15) is 50.1 Å². The Morgan fingerprint density at radius 2 is 1.57 bits per heavy atom. The van der Waals surface area contributed by atoms with E-state index < -0.39 is 41.7 Å². The van der Waals surface area contributed by atoms with Crippen molar-refractivity contribution in [3.05, 3.63) is 137 Å². The summed E-state index contributed by atoms with van der Waals surface area (Å²) < 4.78 is 10.7. The van der Waals surface area contributed by atoms with Crippen LogP contribution in [0.3, 0.4) is 0 Å². The molecule has 1 fully saturated rings. The van der Waals surface area contributed by atoms with E-state index in [1.807, 2.05) is 61.5 Å². The van der Waals surface area contributed by atoms with Crippen molar-refractivity contribution < 1.29 is 23.9 Å². The minimum atomic E-state index is -1.08. The first-order valence-electron chi connectivity index (χ1n) is 14.3. The number of rotatable bonds is 8. The van der Waals surface area contributed by atoms with Crippen molar-refractivity contribution in [1.82, 2.24) is 10.2 Å². The first kappa shape index (κ1) is 30.1. The maximum Gasteiger partial charge on any atom is 0.311 e. The molecule has 0 bridgehead atoms. The van der Waals surface area contributed by atoms with Gasteiger partial charge in [-0.3, -0.25) is 14.4 Å². The fourth-order valence-electron chi connectivity index (χ4n) is 5.96. The van der Waals surface area contributed by atoms with E-state index in [2.05, 4.69) is 11.4 Å². The molecule has 0 aliphatic carbocycles. The largest absolute Gasteiger partial charge is 0.497 e. The first-order chi connectivity index (χ1) is 21.4. The second kappa shape index (κ2) is 13.3. The van der Waals surface area contributed by atoms with Crippen LogP contribution in [-0.2, 0) is 20.9 Å². The number of carbonyl (C=O) groups excluding carboxylic acids is 3. The fraction of sp³-hybridized carbons (Fsp3) is 0.222. The molecule has 1 heterocycles. The molecule has 1 saturated heterocycles. The molecule has 1 N–H and O–H groups in total. The summed E-state index contributed by atoms with van der Waals surface area (Å²) in [7, 11) is 2.82. The molecule has 4 aromatic rings. The molecule has 4 unspecified atom stereocenters. The van der Waals surface area contributed by atoms with Crippen molar-refractivity contribution in [1.29, 1.82) is 5.26 Å². The number of nitrogens with zero attached hydrogens (tertiary/aromatic N) is 2. The average Bonchev–Trinajstić information content (AvgIpc) is 3.44. The monoisotopic (exact) mass is 587 g/mol. The fourth-order valence-corrected chi connectivity index (χ4v) is 5.96. The average molecular weight is 588 g/mol. The molecule has 222 valence electrons. The summed E-state index contributed by atoms with van der Waals surface area (Å²) in [6.07, 6.45) is 0. The Morgan fingerprint density at radius 3 is 2.20 bits per heavy atom. The van der Waals surface area contributed by atoms with Gasteiger partial charge in [0.05, 0.1) is 37.8 Å². The summed E-state index contributed by atoms with van der Waals surface area (Å²) >= 11 is 0. The van der Waals surface area contributed by atoms with Crippen molar-refractivity contribution in [3.63, 3.8) is 0 Å². The molecule has 1 aliphatic heterocycles. The lowest BCUT2D eigenvalue weighted by Gasteiger charge is -2.31. The Labute approximate surface area is 256 Å². The lowest BCUT2D eigenvalue weighted by molar-refractivity contribution is -0.146. The van der Waals surface area contributed by atoms with Crippen LogP contribution in [0.2, 0.25) is 0 Å². The van der Waals surface area contributed by atoms with Crippen LogP contribution in [0.25, 0.3) is 0 Å². The zero-order valence-corrected chi connectivity index (χ0v) is 24.8. The minimum Gasteiger partial charge on any atom is -0.497 e.